The van der Waals surface area contributed by atoms with E-state index >= 15 is 0 Å². The molecule has 0 saturated heterocycles. The fourth-order valence-corrected chi connectivity index (χ4v) is 3.22. The molecule has 3 nitrogen and oxygen atoms in total. The highest BCUT2D eigenvalue weighted by atomic mass is 16.5. The van der Waals surface area contributed by atoms with E-state index in [1.807, 2.05) is 60.7 Å². The first kappa shape index (κ1) is 13.8. The summed E-state index contributed by atoms with van der Waals surface area (Å²) in [7, 11) is 1.62. The van der Waals surface area contributed by atoms with E-state index in [1.54, 1.807) is 13.4 Å². The molecule has 1 heterocycles. The summed E-state index contributed by atoms with van der Waals surface area (Å²) in [6.07, 6.45) is 5.33. The van der Waals surface area contributed by atoms with E-state index in [4.69, 9.17) is 9.47 Å². The minimum Gasteiger partial charge on any atom is -0.497 e. The number of allylic oxidation sites excluding steroid dienone is 1. The summed E-state index contributed by atoms with van der Waals surface area (Å²) in [4.78, 5) is 13.1. The lowest BCUT2D eigenvalue weighted by atomic mass is 9.78. The highest BCUT2D eigenvalue weighted by Gasteiger charge is 2.38. The maximum absolute atomic E-state index is 13.1. The summed E-state index contributed by atoms with van der Waals surface area (Å²) in [5.41, 5.74) is 3.52. The van der Waals surface area contributed by atoms with E-state index in [0.29, 0.717) is 5.57 Å². The van der Waals surface area contributed by atoms with Gasteiger partial charge in [-0.3, -0.25) is 4.79 Å². The first-order chi connectivity index (χ1) is 11.3. The van der Waals surface area contributed by atoms with Crippen LogP contribution in [0.1, 0.15) is 22.6 Å². The van der Waals surface area contributed by atoms with Gasteiger partial charge in [-0.05, 0) is 34.9 Å². The molecule has 0 fully saturated rings. The van der Waals surface area contributed by atoms with Crippen LogP contribution in [0.5, 0.6) is 5.75 Å². The number of fused-ring (bicyclic) bond motifs is 3. The fourth-order valence-electron chi connectivity index (χ4n) is 3.22. The van der Waals surface area contributed by atoms with Crippen LogP contribution in [0, 0.1) is 0 Å². The first-order valence-electron chi connectivity index (χ1n) is 7.59. The first-order valence-corrected chi connectivity index (χ1v) is 7.59. The number of hydrogen-bond acceptors (Lipinski definition) is 3. The van der Waals surface area contributed by atoms with Gasteiger partial charge in [0, 0.05) is 0 Å². The summed E-state index contributed by atoms with van der Waals surface area (Å²) < 4.78 is 11.1. The maximum Gasteiger partial charge on any atom is 0.178 e. The molecule has 0 radical (unpaired) electrons. The van der Waals surface area contributed by atoms with Crippen molar-refractivity contribution in [3.05, 3.63) is 77.6 Å². The van der Waals surface area contributed by atoms with Gasteiger partial charge in [0.2, 0.25) is 0 Å². The molecule has 2 aromatic rings. The number of benzene rings is 2. The molecule has 0 spiro atoms. The standard InChI is InChI=1S/C20H16O3/c1-22-15-7-4-6-14(11-15)17-12-23-18-10-9-13-5-2-3-8-16(13)19(18)20(17)21/h2-12,18-19H,1H3. The third-order valence-electron chi connectivity index (χ3n) is 4.40. The molecule has 2 aromatic carbocycles. The van der Waals surface area contributed by atoms with E-state index in [-0.39, 0.29) is 17.8 Å². The van der Waals surface area contributed by atoms with Crippen molar-refractivity contribution >= 4 is 17.4 Å². The van der Waals surface area contributed by atoms with Gasteiger partial charge in [0.25, 0.3) is 0 Å². The van der Waals surface area contributed by atoms with Crippen molar-refractivity contribution in [1.82, 2.24) is 0 Å². The zero-order chi connectivity index (χ0) is 15.8. The molecule has 2 aliphatic rings. The van der Waals surface area contributed by atoms with Gasteiger partial charge in [-0.25, -0.2) is 0 Å². The number of ketones is 1. The zero-order valence-electron chi connectivity index (χ0n) is 12.7. The van der Waals surface area contributed by atoms with Crippen LogP contribution in [0.4, 0.5) is 0 Å². The van der Waals surface area contributed by atoms with Gasteiger partial charge < -0.3 is 9.47 Å². The number of Topliss-reactive ketones (excluding diaryl/α,β-unsaturated/α-hetero) is 1. The predicted octanol–water partition coefficient (Wildman–Crippen LogP) is 3.81. The van der Waals surface area contributed by atoms with Crippen molar-refractivity contribution in [3.8, 4) is 5.75 Å². The van der Waals surface area contributed by atoms with Gasteiger partial charge in [-0.2, -0.15) is 0 Å². The monoisotopic (exact) mass is 304 g/mol. The van der Waals surface area contributed by atoms with Crippen molar-refractivity contribution in [1.29, 1.82) is 0 Å². The van der Waals surface area contributed by atoms with Gasteiger partial charge >= 0.3 is 0 Å². The summed E-state index contributed by atoms with van der Waals surface area (Å²) in [6, 6.07) is 15.5. The summed E-state index contributed by atoms with van der Waals surface area (Å²) in [6.45, 7) is 0. The van der Waals surface area contributed by atoms with Gasteiger partial charge in [-0.15, -0.1) is 0 Å². The number of carbonyl (C=O) groups excluding carboxylic acids is 1. The Balaban J connectivity index is 1.77. The molecule has 0 N–H and O–H groups in total. The third kappa shape index (κ3) is 2.25. The van der Waals surface area contributed by atoms with Gasteiger partial charge in [0.05, 0.1) is 24.9 Å². The fraction of sp³-hybridized carbons (Fsp3) is 0.150. The van der Waals surface area contributed by atoms with E-state index in [9.17, 15) is 4.79 Å². The molecular weight excluding hydrogens is 288 g/mol. The van der Waals surface area contributed by atoms with Crippen molar-refractivity contribution < 1.29 is 14.3 Å². The minimum absolute atomic E-state index is 0.0892. The van der Waals surface area contributed by atoms with Crippen LogP contribution in [0.25, 0.3) is 11.6 Å². The average molecular weight is 304 g/mol. The Morgan fingerprint density at radius 1 is 1.09 bits per heavy atom. The van der Waals surface area contributed by atoms with Crippen molar-refractivity contribution in [2.24, 2.45) is 0 Å². The number of hydrogen-bond donors (Lipinski definition) is 0. The van der Waals surface area contributed by atoms with Crippen molar-refractivity contribution in [2.45, 2.75) is 12.0 Å². The summed E-state index contributed by atoms with van der Waals surface area (Å²) in [5, 5.41) is 0. The number of methoxy groups -OCH3 is 1. The molecule has 0 bridgehead atoms. The Kier molecular flexibility index (Phi) is 3.27. The molecule has 0 saturated carbocycles. The van der Waals surface area contributed by atoms with Gasteiger partial charge in [-0.1, -0.05) is 42.5 Å². The van der Waals surface area contributed by atoms with Crippen LogP contribution < -0.4 is 4.74 Å². The third-order valence-corrected chi connectivity index (χ3v) is 4.40. The highest BCUT2D eigenvalue weighted by Crippen LogP contribution is 2.39. The van der Waals surface area contributed by atoms with Gasteiger partial charge in [0.15, 0.2) is 5.78 Å². The summed E-state index contributed by atoms with van der Waals surface area (Å²) in [5.74, 6) is 0.524. The minimum atomic E-state index is -0.289. The van der Waals surface area contributed by atoms with Crippen LogP contribution in [0.15, 0.2) is 60.9 Å². The molecular formula is C20H16O3. The number of rotatable bonds is 2. The lowest BCUT2D eigenvalue weighted by molar-refractivity contribution is -0.118. The van der Waals surface area contributed by atoms with E-state index in [2.05, 4.69) is 0 Å². The molecule has 23 heavy (non-hydrogen) atoms. The van der Waals surface area contributed by atoms with E-state index < -0.39 is 0 Å². The second-order valence-corrected chi connectivity index (χ2v) is 5.69. The van der Waals surface area contributed by atoms with Crippen molar-refractivity contribution in [2.75, 3.05) is 7.11 Å². The SMILES string of the molecule is COc1cccc(C2=COC3C=Cc4ccccc4C3C2=O)c1. The van der Waals surface area contributed by atoms with Gasteiger partial charge in [0.1, 0.15) is 11.9 Å². The van der Waals surface area contributed by atoms with Crippen molar-refractivity contribution in [3.63, 3.8) is 0 Å². The molecule has 114 valence electrons. The van der Waals surface area contributed by atoms with Crippen LogP contribution in [0.2, 0.25) is 0 Å². The highest BCUT2D eigenvalue weighted by molar-refractivity contribution is 6.24. The molecule has 1 aliphatic heterocycles. The topological polar surface area (TPSA) is 35.5 Å². The molecule has 3 heteroatoms. The largest absolute Gasteiger partial charge is 0.497 e. The van der Waals surface area contributed by atoms with Crippen LogP contribution >= 0.6 is 0 Å². The maximum atomic E-state index is 13.1. The Labute approximate surface area is 134 Å². The normalized spacial score (nSPS) is 21.8. The van der Waals surface area contributed by atoms with E-state index in [0.717, 1.165) is 22.4 Å². The lowest BCUT2D eigenvalue weighted by Gasteiger charge is -2.32. The smallest absolute Gasteiger partial charge is 0.178 e. The number of carbonyl (C=O) groups is 1. The second kappa shape index (κ2) is 5.43. The Morgan fingerprint density at radius 2 is 1.96 bits per heavy atom. The van der Waals surface area contributed by atoms with Crippen LogP contribution in [0.3, 0.4) is 0 Å². The molecule has 1 aliphatic carbocycles. The summed E-state index contributed by atoms with van der Waals surface area (Å²) >= 11 is 0. The predicted molar refractivity (Wildman–Crippen MR) is 89.1 cm³/mol. The van der Waals surface area contributed by atoms with Crippen LogP contribution in [-0.2, 0) is 9.53 Å². The van der Waals surface area contributed by atoms with E-state index in [1.165, 1.54) is 0 Å². The Morgan fingerprint density at radius 3 is 2.83 bits per heavy atom. The molecule has 2 unspecified atom stereocenters. The average Bonchev–Trinajstić information content (AvgIpc) is 2.61. The Hall–Kier alpha value is -2.81. The second-order valence-electron chi connectivity index (χ2n) is 5.69. The quantitative estimate of drug-likeness (QED) is 0.846. The lowest BCUT2D eigenvalue weighted by Crippen LogP contribution is -2.32. The Bertz CT molecular complexity index is 832. The molecule has 2 atom stereocenters. The molecule has 0 aromatic heterocycles. The van der Waals surface area contributed by atoms with Crippen LogP contribution in [-0.4, -0.2) is 19.0 Å². The zero-order valence-corrected chi connectivity index (χ0v) is 12.7. The molecule has 4 rings (SSSR count). The molecule has 0 amide bonds. The number of ether oxygens (including phenoxy) is 2.